The molecule has 3 rings (SSSR count). The number of fused-ring (bicyclic) bond motifs is 1. The molecule has 210 valence electrons. The topological polar surface area (TPSA) is 61.8 Å². The van der Waals surface area contributed by atoms with Crippen molar-refractivity contribution >= 4 is 6.34 Å². The van der Waals surface area contributed by atoms with Crippen LogP contribution in [0.1, 0.15) is 63.8 Å². The Bertz CT molecular complexity index is 1080. The van der Waals surface area contributed by atoms with E-state index in [2.05, 4.69) is 70.1 Å². The molecule has 0 radical (unpaired) electrons. The van der Waals surface area contributed by atoms with Crippen molar-refractivity contribution in [1.29, 1.82) is 0 Å². The third-order valence-electron chi connectivity index (χ3n) is 7.06. The normalized spacial score (nSPS) is 16.5. The predicted octanol–water partition coefficient (Wildman–Crippen LogP) is 6.12. The Balaban J connectivity index is 1.91. The van der Waals surface area contributed by atoms with Gasteiger partial charge in [0.1, 0.15) is 0 Å². The average molecular weight is 527 g/mol. The molecule has 2 aromatic carbocycles. The first-order valence-electron chi connectivity index (χ1n) is 13.5. The van der Waals surface area contributed by atoms with Crippen molar-refractivity contribution in [3.8, 4) is 23.0 Å². The molecule has 0 saturated carbocycles. The molecule has 2 aromatic rings. The second-order valence-corrected chi connectivity index (χ2v) is 11.1. The summed E-state index contributed by atoms with van der Waals surface area (Å²) in [5, 5.41) is 0. The van der Waals surface area contributed by atoms with Gasteiger partial charge in [-0.05, 0) is 86.9 Å². The fourth-order valence-electron chi connectivity index (χ4n) is 4.76. The van der Waals surface area contributed by atoms with Crippen LogP contribution in [0.3, 0.4) is 0 Å². The van der Waals surface area contributed by atoms with Crippen LogP contribution in [0, 0.1) is 5.92 Å². The van der Waals surface area contributed by atoms with Gasteiger partial charge in [0.05, 0.1) is 59.1 Å². The van der Waals surface area contributed by atoms with E-state index in [-0.39, 0.29) is 17.7 Å². The van der Waals surface area contributed by atoms with E-state index in [1.54, 1.807) is 28.4 Å². The number of rotatable bonds is 12. The molecular formula is C31H46N2O5. The summed E-state index contributed by atoms with van der Waals surface area (Å²) in [5.74, 6) is 3.38. The first-order valence-corrected chi connectivity index (χ1v) is 13.5. The second-order valence-electron chi connectivity index (χ2n) is 11.1. The molecule has 0 spiro atoms. The van der Waals surface area contributed by atoms with Crippen LogP contribution in [0.4, 0.5) is 0 Å². The number of hydrogen-bond donors (Lipinski definition) is 0. The van der Waals surface area contributed by atoms with Gasteiger partial charge in [-0.1, -0.05) is 19.9 Å². The Kier molecular flexibility index (Phi) is 10.3. The first-order chi connectivity index (χ1) is 18.1. The first kappa shape index (κ1) is 29.6. The van der Waals surface area contributed by atoms with Gasteiger partial charge < -0.3 is 28.6 Å². The molecular weight excluding hydrogens is 480 g/mol. The lowest BCUT2D eigenvalue weighted by molar-refractivity contribution is -0.0145. The molecule has 1 aliphatic heterocycles. The van der Waals surface area contributed by atoms with Gasteiger partial charge in [0.2, 0.25) is 0 Å². The van der Waals surface area contributed by atoms with Crippen molar-refractivity contribution < 1.29 is 23.7 Å². The molecule has 1 aliphatic rings. The number of benzene rings is 2. The van der Waals surface area contributed by atoms with Crippen molar-refractivity contribution in [2.45, 2.75) is 71.6 Å². The van der Waals surface area contributed by atoms with Crippen molar-refractivity contribution in [1.82, 2.24) is 4.90 Å². The molecule has 0 fully saturated rings. The van der Waals surface area contributed by atoms with Crippen molar-refractivity contribution in [3.05, 3.63) is 47.0 Å². The van der Waals surface area contributed by atoms with Crippen LogP contribution >= 0.6 is 0 Å². The van der Waals surface area contributed by atoms with Gasteiger partial charge in [-0.15, -0.1) is 0 Å². The lowest BCUT2D eigenvalue weighted by Crippen LogP contribution is -2.36. The van der Waals surface area contributed by atoms with Gasteiger partial charge in [-0.25, -0.2) is 0 Å². The lowest BCUT2D eigenvalue weighted by Gasteiger charge is -2.37. The smallest absolute Gasteiger partial charge is 0.161 e. The molecule has 1 heterocycles. The van der Waals surface area contributed by atoms with Crippen molar-refractivity contribution in [2.24, 2.45) is 10.9 Å². The third kappa shape index (κ3) is 7.56. The van der Waals surface area contributed by atoms with E-state index in [1.165, 1.54) is 16.7 Å². The molecule has 38 heavy (non-hydrogen) atoms. The zero-order valence-corrected chi connectivity index (χ0v) is 24.7. The van der Waals surface area contributed by atoms with Crippen LogP contribution in [0.5, 0.6) is 23.0 Å². The Morgan fingerprint density at radius 2 is 1.55 bits per heavy atom. The highest BCUT2D eigenvalue weighted by atomic mass is 16.5. The molecule has 7 heteroatoms. The monoisotopic (exact) mass is 526 g/mol. The van der Waals surface area contributed by atoms with Crippen LogP contribution in [-0.2, 0) is 17.6 Å². The lowest BCUT2D eigenvalue weighted by atomic mass is 9.88. The quantitative estimate of drug-likeness (QED) is 0.245. The summed E-state index contributed by atoms with van der Waals surface area (Å²) in [6.07, 6.45) is 4.76. The Hall–Kier alpha value is -2.93. The Labute approximate surface area is 229 Å². The van der Waals surface area contributed by atoms with E-state index in [9.17, 15) is 0 Å². The van der Waals surface area contributed by atoms with E-state index >= 15 is 0 Å². The largest absolute Gasteiger partial charge is 0.493 e. The highest BCUT2D eigenvalue weighted by Gasteiger charge is 2.28. The Morgan fingerprint density at radius 1 is 0.921 bits per heavy atom. The molecule has 0 bridgehead atoms. The minimum absolute atomic E-state index is 0.0903. The van der Waals surface area contributed by atoms with Gasteiger partial charge in [-0.3, -0.25) is 4.99 Å². The summed E-state index contributed by atoms with van der Waals surface area (Å²) in [7, 11) is 6.71. The van der Waals surface area contributed by atoms with Crippen LogP contribution in [0.2, 0.25) is 0 Å². The highest BCUT2D eigenvalue weighted by molar-refractivity contribution is 5.59. The molecule has 0 amide bonds. The van der Waals surface area contributed by atoms with Gasteiger partial charge in [0, 0.05) is 6.54 Å². The van der Waals surface area contributed by atoms with Gasteiger partial charge in [0.25, 0.3) is 0 Å². The maximum absolute atomic E-state index is 6.09. The molecule has 0 aromatic heterocycles. The maximum atomic E-state index is 6.09. The summed E-state index contributed by atoms with van der Waals surface area (Å²) < 4.78 is 28.3. The number of ether oxygens (including phenoxy) is 5. The van der Waals surface area contributed by atoms with Gasteiger partial charge >= 0.3 is 0 Å². The summed E-state index contributed by atoms with van der Waals surface area (Å²) in [6.45, 7) is 12.1. The van der Waals surface area contributed by atoms with E-state index in [0.29, 0.717) is 12.5 Å². The van der Waals surface area contributed by atoms with Gasteiger partial charge in [0.15, 0.2) is 23.0 Å². The molecule has 0 aliphatic carbocycles. The van der Waals surface area contributed by atoms with E-state index in [0.717, 1.165) is 48.8 Å². The summed E-state index contributed by atoms with van der Waals surface area (Å²) in [4.78, 5) is 7.41. The number of methoxy groups -OCH3 is 4. The fourth-order valence-corrected chi connectivity index (χ4v) is 4.76. The van der Waals surface area contributed by atoms with Crippen LogP contribution in [0.15, 0.2) is 35.3 Å². The summed E-state index contributed by atoms with van der Waals surface area (Å²) >= 11 is 0. The zero-order valence-electron chi connectivity index (χ0n) is 24.7. The maximum Gasteiger partial charge on any atom is 0.161 e. The number of nitrogens with zero attached hydrogens (tertiary/aromatic N) is 2. The molecule has 2 atom stereocenters. The SMILES string of the molecule is COc1ccc(CC[C@@H]2c3cc(OC)c(OC)cc3CCN2C=N[C@H](COC(C)(C)C)C(C)C)cc1OC. The van der Waals surface area contributed by atoms with E-state index < -0.39 is 0 Å². The highest BCUT2D eigenvalue weighted by Crippen LogP contribution is 2.40. The summed E-state index contributed by atoms with van der Waals surface area (Å²) in [5.41, 5.74) is 3.56. The standard InChI is InChI=1S/C31H46N2O5/c1-21(2)25(19-38-31(3,4)5)32-20-33-15-14-23-17-29(36-8)30(37-9)18-24(23)26(33)12-10-22-11-13-27(34-6)28(16-22)35-7/h11,13,16-18,20-21,25-26H,10,12,14-15,19H2,1-9H3/t25-,26-/m1/s1. The van der Waals surface area contributed by atoms with Crippen molar-refractivity contribution in [3.63, 3.8) is 0 Å². The summed E-state index contributed by atoms with van der Waals surface area (Å²) in [6, 6.07) is 10.6. The second kappa shape index (κ2) is 13.2. The van der Waals surface area contributed by atoms with Gasteiger partial charge in [-0.2, -0.15) is 0 Å². The zero-order chi connectivity index (χ0) is 27.9. The van der Waals surface area contributed by atoms with Crippen LogP contribution in [-0.4, -0.2) is 64.5 Å². The minimum Gasteiger partial charge on any atom is -0.493 e. The van der Waals surface area contributed by atoms with E-state index in [1.807, 2.05) is 6.07 Å². The molecule has 0 unspecified atom stereocenters. The number of hydrogen-bond acceptors (Lipinski definition) is 6. The predicted molar refractivity (Wildman–Crippen MR) is 153 cm³/mol. The van der Waals surface area contributed by atoms with Crippen molar-refractivity contribution in [2.75, 3.05) is 41.6 Å². The average Bonchev–Trinajstić information content (AvgIpc) is 2.90. The molecule has 7 nitrogen and oxygen atoms in total. The number of aryl methyl sites for hydroxylation is 1. The van der Waals surface area contributed by atoms with Crippen LogP contribution in [0.25, 0.3) is 0 Å². The fraction of sp³-hybridized carbons (Fsp3) is 0.581. The van der Waals surface area contributed by atoms with Crippen LogP contribution < -0.4 is 18.9 Å². The molecule has 0 saturated heterocycles. The Morgan fingerprint density at radius 3 is 2.16 bits per heavy atom. The minimum atomic E-state index is -0.190. The number of aliphatic imine (C=N–C) groups is 1. The third-order valence-corrected chi connectivity index (χ3v) is 7.06. The van der Waals surface area contributed by atoms with E-state index in [4.69, 9.17) is 28.7 Å². The molecule has 0 N–H and O–H groups in total.